The highest BCUT2D eigenvalue weighted by Crippen LogP contribution is 2.07. The number of carbonyl (C=O) groups is 1. The van der Waals surface area contributed by atoms with Gasteiger partial charge in [-0.1, -0.05) is 6.92 Å². The number of rotatable bonds is 3. The first-order valence-corrected chi connectivity index (χ1v) is 4.24. The maximum Gasteiger partial charge on any atom is 0.156 e. The Hall–Kier alpha value is -0.240. The van der Waals surface area contributed by atoms with Gasteiger partial charge in [-0.3, -0.25) is 4.79 Å². The third kappa shape index (κ3) is 3.36. The quantitative estimate of drug-likeness (QED) is 0.565. The number of hydrogen-bond acceptors (Lipinski definition) is 2. The van der Waals surface area contributed by atoms with Crippen molar-refractivity contribution in [2.24, 2.45) is 0 Å². The molecular formula is C7H12OS. The molecule has 0 saturated heterocycles. The second-order valence-corrected chi connectivity index (χ2v) is 2.50. The van der Waals surface area contributed by atoms with Gasteiger partial charge in [0.2, 0.25) is 0 Å². The van der Waals surface area contributed by atoms with Crippen LogP contribution >= 0.6 is 11.8 Å². The summed E-state index contributed by atoms with van der Waals surface area (Å²) in [4.78, 5) is 10.7. The van der Waals surface area contributed by atoms with Crippen LogP contribution in [0.4, 0.5) is 0 Å². The zero-order valence-electron chi connectivity index (χ0n) is 6.10. The van der Waals surface area contributed by atoms with E-state index in [-0.39, 0.29) is 5.78 Å². The predicted octanol–water partition coefficient (Wildman–Crippen LogP) is 2.23. The van der Waals surface area contributed by atoms with Crippen LogP contribution in [0, 0.1) is 0 Å². The number of carbonyl (C=O) groups excluding carboxylic acids is 1. The summed E-state index contributed by atoms with van der Waals surface area (Å²) in [6.45, 7) is 3.59. The van der Waals surface area contributed by atoms with Crippen LogP contribution in [-0.2, 0) is 4.79 Å². The third-order valence-corrected chi connectivity index (χ3v) is 1.61. The molecule has 0 unspecified atom stereocenters. The van der Waals surface area contributed by atoms with E-state index in [1.165, 1.54) is 0 Å². The Morgan fingerprint density at radius 3 is 2.33 bits per heavy atom. The van der Waals surface area contributed by atoms with E-state index in [2.05, 4.69) is 0 Å². The molecule has 0 N–H and O–H groups in total. The molecule has 0 aliphatic carbocycles. The zero-order valence-corrected chi connectivity index (χ0v) is 6.92. The maximum absolute atomic E-state index is 10.7. The van der Waals surface area contributed by atoms with E-state index in [0.717, 1.165) is 12.0 Å². The number of hydrogen-bond donors (Lipinski definition) is 0. The molecule has 0 saturated carbocycles. The average molecular weight is 144 g/mol. The van der Waals surface area contributed by atoms with Crippen LogP contribution in [0.15, 0.2) is 11.0 Å². The number of ketones is 1. The van der Waals surface area contributed by atoms with Gasteiger partial charge in [0.1, 0.15) is 0 Å². The molecule has 0 aliphatic rings. The molecule has 0 aromatic carbocycles. The highest BCUT2D eigenvalue weighted by atomic mass is 32.2. The van der Waals surface area contributed by atoms with Crippen molar-refractivity contribution < 1.29 is 4.79 Å². The number of Topliss-reactive ketones (excluding diaryl/α,β-unsaturated/α-hetero) is 1. The van der Waals surface area contributed by atoms with Crippen LogP contribution in [0.2, 0.25) is 0 Å². The van der Waals surface area contributed by atoms with Gasteiger partial charge in [-0.15, -0.1) is 11.8 Å². The lowest BCUT2D eigenvalue weighted by Gasteiger charge is -1.94. The van der Waals surface area contributed by atoms with E-state index in [9.17, 15) is 4.79 Å². The van der Waals surface area contributed by atoms with Crippen molar-refractivity contribution in [3.63, 3.8) is 0 Å². The van der Waals surface area contributed by atoms with Gasteiger partial charge in [-0.05, 0) is 25.0 Å². The van der Waals surface area contributed by atoms with Crippen LogP contribution in [0.3, 0.4) is 0 Å². The summed E-state index contributed by atoms with van der Waals surface area (Å²) < 4.78 is 0. The molecule has 0 spiro atoms. The Labute approximate surface area is 60.5 Å². The van der Waals surface area contributed by atoms with Gasteiger partial charge >= 0.3 is 0 Å². The van der Waals surface area contributed by atoms with E-state index in [4.69, 9.17) is 0 Å². The molecule has 9 heavy (non-hydrogen) atoms. The van der Waals surface area contributed by atoms with Crippen molar-refractivity contribution >= 4 is 17.5 Å². The first-order chi connectivity index (χ1) is 4.22. The zero-order chi connectivity index (χ0) is 7.28. The average Bonchev–Trinajstić information content (AvgIpc) is 1.82. The van der Waals surface area contributed by atoms with E-state index < -0.39 is 0 Å². The highest BCUT2D eigenvalue weighted by Gasteiger charge is 1.97. The van der Waals surface area contributed by atoms with Crippen LogP contribution in [-0.4, -0.2) is 12.0 Å². The summed E-state index contributed by atoms with van der Waals surface area (Å²) in [6.07, 6.45) is 2.80. The lowest BCUT2D eigenvalue weighted by molar-refractivity contribution is -0.113. The number of thioether (sulfide) groups is 1. The van der Waals surface area contributed by atoms with Gasteiger partial charge in [0.15, 0.2) is 5.78 Å². The molecule has 0 aliphatic heterocycles. The minimum atomic E-state index is 0.187. The normalized spacial score (nSPS) is 11.7. The fourth-order valence-corrected chi connectivity index (χ4v) is 1.17. The summed E-state index contributed by atoms with van der Waals surface area (Å²) in [5.74, 6) is 0.187. The Morgan fingerprint density at radius 2 is 2.22 bits per heavy atom. The van der Waals surface area contributed by atoms with Crippen molar-refractivity contribution in [1.29, 1.82) is 0 Å². The van der Waals surface area contributed by atoms with Crippen LogP contribution in [0.25, 0.3) is 0 Å². The van der Waals surface area contributed by atoms with Crippen LogP contribution < -0.4 is 0 Å². The second kappa shape index (κ2) is 4.62. The molecule has 0 amide bonds. The van der Waals surface area contributed by atoms with Crippen LogP contribution in [0.5, 0.6) is 0 Å². The Balaban J connectivity index is 3.98. The predicted molar refractivity (Wildman–Crippen MR) is 42.6 cm³/mol. The van der Waals surface area contributed by atoms with Crippen molar-refractivity contribution in [3.8, 4) is 0 Å². The summed E-state index contributed by atoms with van der Waals surface area (Å²) >= 11 is 1.58. The van der Waals surface area contributed by atoms with Gasteiger partial charge in [0.05, 0.1) is 0 Å². The molecule has 1 nitrogen and oxygen atoms in total. The standard InChI is InChI=1S/C7H12OS/c1-4-7(5-9-3)6(2)8/h5H,4H2,1-3H3/b7-5+. The SMILES string of the molecule is CC/C(=C\SC)C(C)=O. The molecule has 0 fully saturated rings. The monoisotopic (exact) mass is 144 g/mol. The molecule has 0 radical (unpaired) electrons. The highest BCUT2D eigenvalue weighted by molar-refractivity contribution is 8.01. The van der Waals surface area contributed by atoms with E-state index >= 15 is 0 Å². The number of allylic oxidation sites excluding steroid dienone is 1. The Bertz CT molecular complexity index is 127. The minimum absolute atomic E-state index is 0.187. The fourth-order valence-electron chi connectivity index (χ4n) is 0.558. The fraction of sp³-hybridized carbons (Fsp3) is 0.571. The molecule has 0 aromatic heterocycles. The molecule has 2 heteroatoms. The van der Waals surface area contributed by atoms with E-state index in [1.54, 1.807) is 18.7 Å². The molecule has 0 heterocycles. The summed E-state index contributed by atoms with van der Waals surface area (Å²) in [6, 6.07) is 0. The topological polar surface area (TPSA) is 17.1 Å². The van der Waals surface area contributed by atoms with E-state index in [1.807, 2.05) is 18.6 Å². The smallest absolute Gasteiger partial charge is 0.156 e. The summed E-state index contributed by atoms with van der Waals surface area (Å²) in [5, 5.41) is 1.91. The molecule has 0 rings (SSSR count). The van der Waals surface area contributed by atoms with Gasteiger partial charge in [0.25, 0.3) is 0 Å². The first-order valence-electron chi connectivity index (χ1n) is 2.95. The van der Waals surface area contributed by atoms with Crippen LogP contribution in [0.1, 0.15) is 20.3 Å². The molecular weight excluding hydrogens is 132 g/mol. The molecule has 0 atom stereocenters. The molecule has 0 aromatic rings. The van der Waals surface area contributed by atoms with E-state index in [0.29, 0.717) is 0 Å². The van der Waals surface area contributed by atoms with Crippen molar-refractivity contribution in [2.45, 2.75) is 20.3 Å². The van der Waals surface area contributed by atoms with Gasteiger partial charge < -0.3 is 0 Å². The van der Waals surface area contributed by atoms with Gasteiger partial charge in [-0.25, -0.2) is 0 Å². The molecule has 0 bridgehead atoms. The lowest BCUT2D eigenvalue weighted by Crippen LogP contribution is -1.92. The van der Waals surface area contributed by atoms with Gasteiger partial charge in [0, 0.05) is 5.57 Å². The Kier molecular flexibility index (Phi) is 4.50. The summed E-state index contributed by atoms with van der Waals surface area (Å²) in [5.41, 5.74) is 0.919. The molecule has 52 valence electrons. The Morgan fingerprint density at radius 1 is 1.67 bits per heavy atom. The third-order valence-electron chi connectivity index (χ3n) is 1.09. The largest absolute Gasteiger partial charge is 0.295 e. The van der Waals surface area contributed by atoms with Crippen molar-refractivity contribution in [1.82, 2.24) is 0 Å². The second-order valence-electron chi connectivity index (χ2n) is 1.79. The summed E-state index contributed by atoms with van der Waals surface area (Å²) in [7, 11) is 0. The first kappa shape index (κ1) is 8.76. The van der Waals surface area contributed by atoms with Gasteiger partial charge in [-0.2, -0.15) is 0 Å². The minimum Gasteiger partial charge on any atom is -0.295 e. The lowest BCUT2D eigenvalue weighted by atomic mass is 10.2. The van der Waals surface area contributed by atoms with Crippen molar-refractivity contribution in [2.75, 3.05) is 6.26 Å². The maximum atomic E-state index is 10.7. The van der Waals surface area contributed by atoms with Crippen molar-refractivity contribution in [3.05, 3.63) is 11.0 Å².